The Labute approximate surface area is 186 Å². The number of halogens is 3. The molecule has 0 unspecified atom stereocenters. The van der Waals surface area contributed by atoms with Crippen LogP contribution in [0.2, 0.25) is 0 Å². The van der Waals surface area contributed by atoms with Crippen LogP contribution in [0.25, 0.3) is 11.3 Å². The first-order valence-corrected chi connectivity index (χ1v) is 9.43. The molecule has 0 saturated heterocycles. The maximum absolute atomic E-state index is 12.8. The van der Waals surface area contributed by atoms with Crippen LogP contribution in [0, 0.1) is 16.7 Å². The van der Waals surface area contributed by atoms with Crippen LogP contribution in [-0.2, 0) is 0 Å². The second-order valence-corrected chi connectivity index (χ2v) is 6.57. The number of hydrogen-bond donors (Lipinski definition) is 2. The van der Waals surface area contributed by atoms with E-state index in [0.29, 0.717) is 22.4 Å². The van der Waals surface area contributed by atoms with Gasteiger partial charge in [0.05, 0.1) is 11.6 Å². The van der Waals surface area contributed by atoms with Gasteiger partial charge in [-0.05, 0) is 48.5 Å². The molecule has 3 aromatic rings. The molecule has 0 aliphatic rings. The van der Waals surface area contributed by atoms with Crippen LogP contribution in [0.4, 0.5) is 13.2 Å². The summed E-state index contributed by atoms with van der Waals surface area (Å²) >= 11 is 0. The first-order valence-electron chi connectivity index (χ1n) is 9.43. The van der Waals surface area contributed by atoms with Crippen molar-refractivity contribution in [1.82, 2.24) is 9.88 Å². The van der Waals surface area contributed by atoms with Crippen molar-refractivity contribution in [3.8, 4) is 29.0 Å². The second kappa shape index (κ2) is 9.74. The third-order valence-electron chi connectivity index (χ3n) is 4.34. The number of allylic oxidation sites excluding steroid dienone is 1. The van der Waals surface area contributed by atoms with E-state index < -0.39 is 17.7 Å². The molecule has 0 atom stereocenters. The van der Waals surface area contributed by atoms with Gasteiger partial charge < -0.3 is 20.2 Å². The molecule has 0 aliphatic carbocycles. The zero-order valence-corrected chi connectivity index (χ0v) is 17.2. The van der Waals surface area contributed by atoms with Crippen LogP contribution in [0.5, 0.6) is 17.2 Å². The van der Waals surface area contributed by atoms with Gasteiger partial charge in [-0.2, -0.15) is 5.26 Å². The smallest absolute Gasteiger partial charge is 0.456 e. The van der Waals surface area contributed by atoms with Crippen molar-refractivity contribution in [2.24, 2.45) is 0 Å². The quantitative estimate of drug-likeness (QED) is 0.508. The maximum Gasteiger partial charge on any atom is 0.573 e. The Morgan fingerprint density at radius 1 is 1.12 bits per heavy atom. The normalized spacial score (nSPS) is 11.4. The van der Waals surface area contributed by atoms with Gasteiger partial charge >= 0.3 is 6.36 Å². The highest BCUT2D eigenvalue weighted by molar-refractivity contribution is 6.09. The predicted molar refractivity (Wildman–Crippen MR) is 116 cm³/mol. The van der Waals surface area contributed by atoms with E-state index in [1.807, 2.05) is 6.07 Å². The minimum absolute atomic E-state index is 0.156. The summed E-state index contributed by atoms with van der Waals surface area (Å²) in [5.41, 5.74) is 0.965. The number of nitrogens with zero attached hydrogens (tertiary/aromatic N) is 2. The zero-order chi connectivity index (χ0) is 24.0. The van der Waals surface area contributed by atoms with Gasteiger partial charge in [-0.1, -0.05) is 0 Å². The number of hydrogen-bond acceptors (Lipinski definition) is 6. The van der Waals surface area contributed by atoms with E-state index in [4.69, 9.17) is 15.4 Å². The molecule has 33 heavy (non-hydrogen) atoms. The summed E-state index contributed by atoms with van der Waals surface area (Å²) in [4.78, 5) is 12.8. The third-order valence-corrected chi connectivity index (χ3v) is 4.34. The van der Waals surface area contributed by atoms with Crippen LogP contribution in [0.15, 0.2) is 71.8 Å². The van der Waals surface area contributed by atoms with Crippen molar-refractivity contribution in [3.05, 3.63) is 88.5 Å². The average molecular weight is 454 g/mol. The van der Waals surface area contributed by atoms with E-state index >= 15 is 0 Å². The molecule has 0 spiro atoms. The highest BCUT2D eigenvalue weighted by atomic mass is 19.4. The Balaban J connectivity index is 2.06. The van der Waals surface area contributed by atoms with Crippen molar-refractivity contribution in [3.63, 3.8) is 0 Å². The first kappa shape index (κ1) is 23.1. The highest BCUT2D eigenvalue weighted by Gasteiger charge is 2.31. The van der Waals surface area contributed by atoms with Gasteiger partial charge in [0.1, 0.15) is 17.2 Å². The second-order valence-electron chi connectivity index (χ2n) is 6.57. The number of nitrogens with one attached hydrogen (secondary N) is 2. The third kappa shape index (κ3) is 5.80. The lowest BCUT2D eigenvalue weighted by Gasteiger charge is -2.15. The fourth-order valence-electron chi connectivity index (χ4n) is 2.90. The lowest BCUT2D eigenvalue weighted by atomic mass is 10.1. The summed E-state index contributed by atoms with van der Waals surface area (Å²) in [6.45, 7) is 0. The molecule has 1 heterocycles. The van der Waals surface area contributed by atoms with Crippen LogP contribution in [0.3, 0.4) is 0 Å². The van der Waals surface area contributed by atoms with E-state index in [9.17, 15) is 18.0 Å². The molecule has 0 fully saturated rings. The maximum atomic E-state index is 12.8. The van der Waals surface area contributed by atoms with Gasteiger partial charge in [0, 0.05) is 48.5 Å². The standard InChI is InChI=1S/C23H17F3N4O3/c1-29-13-16(12-28)20-14-30(17-4-8-19(9-5-17)33-23(24,25)26)22(31)10-21(20)32-18-6-2-15(11-27)3-7-18/h2-10,12-14,28-29H,1H3/b16-13+,28-12?. The first-order chi connectivity index (χ1) is 15.7. The summed E-state index contributed by atoms with van der Waals surface area (Å²) in [6, 6.07) is 14.3. The van der Waals surface area contributed by atoms with E-state index in [1.165, 1.54) is 35.2 Å². The van der Waals surface area contributed by atoms with Crippen molar-refractivity contribution in [1.29, 1.82) is 10.7 Å². The number of nitriles is 1. The van der Waals surface area contributed by atoms with E-state index in [2.05, 4.69) is 10.1 Å². The molecule has 0 saturated carbocycles. The number of aromatic nitrogens is 1. The molecule has 0 aliphatic heterocycles. The van der Waals surface area contributed by atoms with Gasteiger partial charge in [0.15, 0.2) is 0 Å². The lowest BCUT2D eigenvalue weighted by molar-refractivity contribution is -0.274. The van der Waals surface area contributed by atoms with Crippen molar-refractivity contribution >= 4 is 11.8 Å². The summed E-state index contributed by atoms with van der Waals surface area (Å²) in [6.07, 6.45) is -0.808. The molecule has 0 radical (unpaired) electrons. The van der Waals surface area contributed by atoms with E-state index in [1.54, 1.807) is 31.3 Å². The minimum atomic E-state index is -4.83. The molecular weight excluding hydrogens is 437 g/mol. The largest absolute Gasteiger partial charge is 0.573 e. The molecule has 3 rings (SSSR count). The topological polar surface area (TPSA) is 100 Å². The van der Waals surface area contributed by atoms with Gasteiger partial charge in [0.2, 0.25) is 0 Å². The molecule has 2 N–H and O–H groups in total. The van der Waals surface area contributed by atoms with E-state index in [-0.39, 0.29) is 11.4 Å². The van der Waals surface area contributed by atoms with Crippen LogP contribution < -0.4 is 20.3 Å². The zero-order valence-electron chi connectivity index (χ0n) is 17.2. The SMILES string of the molecule is CN/C=C(\C=N)c1cn(-c2ccc(OC(F)(F)F)cc2)c(=O)cc1Oc1ccc(C#N)cc1. The summed E-state index contributed by atoms with van der Waals surface area (Å²) < 4.78 is 48.1. The van der Waals surface area contributed by atoms with Crippen LogP contribution in [-0.4, -0.2) is 24.2 Å². The summed E-state index contributed by atoms with van der Waals surface area (Å²) in [5.74, 6) is 0.105. The van der Waals surface area contributed by atoms with Crippen molar-refractivity contribution in [2.75, 3.05) is 7.05 Å². The van der Waals surface area contributed by atoms with Crippen molar-refractivity contribution < 1.29 is 22.6 Å². The summed E-state index contributed by atoms with van der Waals surface area (Å²) in [5, 5.41) is 19.5. The monoisotopic (exact) mass is 454 g/mol. The van der Waals surface area contributed by atoms with Crippen LogP contribution in [0.1, 0.15) is 11.1 Å². The molecule has 2 aromatic carbocycles. The molecule has 1 aromatic heterocycles. The predicted octanol–water partition coefficient (Wildman–Crippen LogP) is 4.61. The van der Waals surface area contributed by atoms with Crippen LogP contribution >= 0.6 is 0 Å². The molecule has 10 heteroatoms. The average Bonchev–Trinajstić information content (AvgIpc) is 2.78. The Kier molecular flexibility index (Phi) is 6.83. The molecule has 0 bridgehead atoms. The fraction of sp³-hybridized carbons (Fsp3) is 0.0870. The van der Waals surface area contributed by atoms with Gasteiger partial charge in [-0.3, -0.25) is 9.36 Å². The van der Waals surface area contributed by atoms with E-state index in [0.717, 1.165) is 18.3 Å². The Hall–Kier alpha value is -4.52. The number of ether oxygens (including phenoxy) is 2. The van der Waals surface area contributed by atoms with Gasteiger partial charge in [-0.15, -0.1) is 13.2 Å². The Morgan fingerprint density at radius 2 is 1.76 bits per heavy atom. The molecule has 0 amide bonds. The molecule has 7 nitrogen and oxygen atoms in total. The molecular formula is C23H17F3N4O3. The lowest BCUT2D eigenvalue weighted by Crippen LogP contribution is -2.19. The fourth-order valence-corrected chi connectivity index (χ4v) is 2.90. The summed E-state index contributed by atoms with van der Waals surface area (Å²) in [7, 11) is 1.64. The number of pyridine rings is 1. The highest BCUT2D eigenvalue weighted by Crippen LogP contribution is 2.30. The Bertz CT molecular complexity index is 1270. The van der Waals surface area contributed by atoms with Gasteiger partial charge in [-0.25, -0.2) is 0 Å². The Morgan fingerprint density at radius 3 is 2.30 bits per heavy atom. The number of alkyl halides is 3. The number of benzene rings is 2. The minimum Gasteiger partial charge on any atom is -0.456 e. The molecule has 168 valence electrons. The number of rotatable bonds is 7. The van der Waals surface area contributed by atoms with Gasteiger partial charge in [0.25, 0.3) is 5.56 Å². The van der Waals surface area contributed by atoms with Crippen molar-refractivity contribution in [2.45, 2.75) is 6.36 Å².